The maximum absolute atomic E-state index is 13.2. The van der Waals surface area contributed by atoms with Crippen molar-refractivity contribution in [3.63, 3.8) is 0 Å². The Morgan fingerprint density at radius 1 is 1.25 bits per heavy atom. The molecule has 0 radical (unpaired) electrons. The third-order valence-corrected chi connectivity index (χ3v) is 5.33. The first-order valence-electron chi connectivity index (χ1n) is 9.49. The lowest BCUT2D eigenvalue weighted by atomic mass is 10.1. The summed E-state index contributed by atoms with van der Waals surface area (Å²) in [4.78, 5) is 30.1. The van der Waals surface area contributed by atoms with Gasteiger partial charge in [-0.2, -0.15) is 0 Å². The lowest BCUT2D eigenvalue weighted by molar-refractivity contribution is -0.119. The lowest BCUT2D eigenvalue weighted by Crippen LogP contribution is -2.32. The minimum absolute atomic E-state index is 0.0614. The van der Waals surface area contributed by atoms with E-state index in [4.69, 9.17) is 4.98 Å². The SMILES string of the molecule is CCCn1c(SCC(=O)NC(C)C)nc2c(-c3ccccc3)cn(C)c2c1=O. The summed E-state index contributed by atoms with van der Waals surface area (Å²) in [6.07, 6.45) is 2.76. The second kappa shape index (κ2) is 8.65. The summed E-state index contributed by atoms with van der Waals surface area (Å²) in [6, 6.07) is 10.0. The average Bonchev–Trinajstić information content (AvgIpc) is 2.99. The van der Waals surface area contributed by atoms with E-state index in [2.05, 4.69) is 5.32 Å². The Morgan fingerprint density at radius 2 is 1.96 bits per heavy atom. The fourth-order valence-corrected chi connectivity index (χ4v) is 4.03. The molecule has 0 aliphatic rings. The summed E-state index contributed by atoms with van der Waals surface area (Å²) in [5.41, 5.74) is 3.14. The Balaban J connectivity index is 2.10. The first-order valence-corrected chi connectivity index (χ1v) is 10.5. The molecule has 0 spiro atoms. The first-order chi connectivity index (χ1) is 13.4. The highest BCUT2D eigenvalue weighted by Crippen LogP contribution is 2.29. The number of amides is 1. The molecule has 1 N–H and O–H groups in total. The Kier molecular flexibility index (Phi) is 6.24. The van der Waals surface area contributed by atoms with Crippen molar-refractivity contribution in [3.8, 4) is 11.1 Å². The number of fused-ring (bicyclic) bond motifs is 1. The summed E-state index contributed by atoms with van der Waals surface area (Å²) in [5, 5.41) is 3.46. The number of aryl methyl sites for hydroxylation is 1. The molecule has 0 fully saturated rings. The zero-order chi connectivity index (χ0) is 20.3. The van der Waals surface area contributed by atoms with Gasteiger partial charge in [-0.15, -0.1) is 0 Å². The Morgan fingerprint density at radius 3 is 2.61 bits per heavy atom. The normalized spacial score (nSPS) is 11.3. The number of thioether (sulfide) groups is 1. The van der Waals surface area contributed by atoms with Crippen LogP contribution in [0.5, 0.6) is 0 Å². The van der Waals surface area contributed by atoms with Crippen LogP contribution in [0.15, 0.2) is 46.5 Å². The monoisotopic (exact) mass is 398 g/mol. The molecule has 0 aliphatic carbocycles. The molecule has 6 nitrogen and oxygen atoms in total. The fourth-order valence-electron chi connectivity index (χ4n) is 3.20. The number of carbonyl (C=O) groups excluding carboxylic acids is 1. The maximum atomic E-state index is 13.2. The second-order valence-electron chi connectivity index (χ2n) is 7.08. The van der Waals surface area contributed by atoms with Crippen LogP contribution in [0.2, 0.25) is 0 Å². The summed E-state index contributed by atoms with van der Waals surface area (Å²) >= 11 is 1.31. The highest BCUT2D eigenvalue weighted by atomic mass is 32.2. The number of hydrogen-bond donors (Lipinski definition) is 1. The van der Waals surface area contributed by atoms with Gasteiger partial charge in [-0.25, -0.2) is 4.98 Å². The molecule has 3 aromatic rings. The number of nitrogens with zero attached hydrogens (tertiary/aromatic N) is 3. The van der Waals surface area contributed by atoms with Crippen molar-refractivity contribution < 1.29 is 4.79 Å². The molecule has 0 bridgehead atoms. The van der Waals surface area contributed by atoms with Crippen molar-refractivity contribution in [1.82, 2.24) is 19.4 Å². The van der Waals surface area contributed by atoms with Crippen LogP contribution in [0.3, 0.4) is 0 Å². The van der Waals surface area contributed by atoms with Crippen LogP contribution in [0.1, 0.15) is 27.2 Å². The largest absolute Gasteiger partial charge is 0.353 e. The van der Waals surface area contributed by atoms with Gasteiger partial charge in [0.25, 0.3) is 5.56 Å². The molecule has 1 amide bonds. The molecule has 0 atom stereocenters. The minimum atomic E-state index is -0.0664. The van der Waals surface area contributed by atoms with Crippen molar-refractivity contribution in [2.75, 3.05) is 5.75 Å². The molecule has 0 saturated carbocycles. The number of hydrogen-bond acceptors (Lipinski definition) is 4. The Bertz CT molecular complexity index is 1040. The van der Waals surface area contributed by atoms with E-state index in [1.807, 2.05) is 68.9 Å². The van der Waals surface area contributed by atoms with Crippen LogP contribution in [-0.4, -0.2) is 31.8 Å². The Hall–Kier alpha value is -2.54. The summed E-state index contributed by atoms with van der Waals surface area (Å²) < 4.78 is 3.53. The number of carbonyl (C=O) groups is 1. The molecule has 7 heteroatoms. The van der Waals surface area contributed by atoms with Crippen molar-refractivity contribution in [3.05, 3.63) is 46.9 Å². The Labute approximate surface area is 169 Å². The van der Waals surface area contributed by atoms with Crippen molar-refractivity contribution >= 4 is 28.7 Å². The zero-order valence-corrected chi connectivity index (χ0v) is 17.5. The van der Waals surface area contributed by atoms with E-state index in [1.165, 1.54) is 11.8 Å². The van der Waals surface area contributed by atoms with Gasteiger partial charge >= 0.3 is 0 Å². The predicted molar refractivity (Wildman–Crippen MR) is 115 cm³/mol. The fraction of sp³-hybridized carbons (Fsp3) is 0.381. The highest BCUT2D eigenvalue weighted by Gasteiger charge is 2.19. The number of nitrogens with one attached hydrogen (secondary N) is 1. The van der Waals surface area contributed by atoms with E-state index in [1.54, 1.807) is 4.57 Å². The quantitative estimate of drug-likeness (QED) is 0.489. The van der Waals surface area contributed by atoms with Crippen LogP contribution < -0.4 is 10.9 Å². The van der Waals surface area contributed by atoms with Gasteiger partial charge in [0, 0.05) is 31.4 Å². The van der Waals surface area contributed by atoms with Gasteiger partial charge in [0.1, 0.15) is 11.0 Å². The third-order valence-electron chi connectivity index (χ3n) is 4.35. The third kappa shape index (κ3) is 4.14. The topological polar surface area (TPSA) is 68.9 Å². The van der Waals surface area contributed by atoms with Crippen molar-refractivity contribution in [2.45, 2.75) is 44.9 Å². The smallest absolute Gasteiger partial charge is 0.278 e. The van der Waals surface area contributed by atoms with Gasteiger partial charge in [-0.05, 0) is 25.8 Å². The summed E-state index contributed by atoms with van der Waals surface area (Å²) in [5.74, 6) is 0.168. The molecule has 2 heterocycles. The molecule has 1 aromatic carbocycles. The van der Waals surface area contributed by atoms with E-state index < -0.39 is 0 Å². The van der Waals surface area contributed by atoms with E-state index in [0.717, 1.165) is 17.5 Å². The van der Waals surface area contributed by atoms with Crippen LogP contribution >= 0.6 is 11.8 Å². The highest BCUT2D eigenvalue weighted by molar-refractivity contribution is 7.99. The van der Waals surface area contributed by atoms with E-state index in [-0.39, 0.29) is 23.3 Å². The number of benzene rings is 1. The van der Waals surface area contributed by atoms with Gasteiger partial charge in [-0.1, -0.05) is 49.0 Å². The summed E-state index contributed by atoms with van der Waals surface area (Å²) in [6.45, 7) is 6.45. The van der Waals surface area contributed by atoms with Gasteiger partial charge < -0.3 is 9.88 Å². The zero-order valence-electron chi connectivity index (χ0n) is 16.7. The van der Waals surface area contributed by atoms with Crippen molar-refractivity contribution in [2.24, 2.45) is 7.05 Å². The second-order valence-corrected chi connectivity index (χ2v) is 8.02. The standard InChI is InChI=1S/C21H26N4O2S/c1-5-11-25-20(27)19-18(23-21(25)28-13-17(26)22-14(2)3)16(12-24(19)4)15-9-7-6-8-10-15/h6-10,12,14H,5,11,13H2,1-4H3,(H,22,26). The van der Waals surface area contributed by atoms with E-state index in [0.29, 0.717) is 22.7 Å². The first kappa shape index (κ1) is 20.2. The molecular weight excluding hydrogens is 372 g/mol. The minimum Gasteiger partial charge on any atom is -0.353 e. The predicted octanol–water partition coefficient (Wildman–Crippen LogP) is 3.43. The van der Waals surface area contributed by atoms with Crippen molar-refractivity contribution in [1.29, 1.82) is 0 Å². The molecule has 28 heavy (non-hydrogen) atoms. The van der Waals surface area contributed by atoms with Crippen LogP contribution in [-0.2, 0) is 18.4 Å². The molecule has 2 aromatic heterocycles. The molecule has 148 valence electrons. The molecule has 0 saturated heterocycles. The van der Waals surface area contributed by atoms with Crippen LogP contribution in [0.4, 0.5) is 0 Å². The lowest BCUT2D eigenvalue weighted by Gasteiger charge is -2.13. The van der Waals surface area contributed by atoms with Gasteiger partial charge in [0.05, 0.1) is 5.75 Å². The van der Waals surface area contributed by atoms with Crippen LogP contribution in [0, 0.1) is 0 Å². The van der Waals surface area contributed by atoms with Gasteiger partial charge in [0.2, 0.25) is 5.91 Å². The number of rotatable bonds is 7. The molecular formula is C21H26N4O2S. The number of aromatic nitrogens is 3. The van der Waals surface area contributed by atoms with Gasteiger partial charge in [0.15, 0.2) is 5.16 Å². The van der Waals surface area contributed by atoms with E-state index in [9.17, 15) is 9.59 Å². The van der Waals surface area contributed by atoms with Gasteiger partial charge in [-0.3, -0.25) is 14.2 Å². The van der Waals surface area contributed by atoms with E-state index >= 15 is 0 Å². The summed E-state index contributed by atoms with van der Waals surface area (Å²) in [7, 11) is 1.87. The molecule has 0 unspecified atom stereocenters. The molecule has 3 rings (SSSR count). The molecule has 0 aliphatic heterocycles. The maximum Gasteiger partial charge on any atom is 0.278 e. The van der Waals surface area contributed by atoms with Crippen LogP contribution in [0.25, 0.3) is 22.2 Å². The average molecular weight is 399 g/mol.